The number of halogens is 1. The number of aromatic nitrogens is 2. The van der Waals surface area contributed by atoms with E-state index >= 15 is 0 Å². The van der Waals surface area contributed by atoms with Gasteiger partial charge in [0.25, 0.3) is 0 Å². The van der Waals surface area contributed by atoms with E-state index in [1.807, 2.05) is 4.68 Å². The number of aliphatic hydroxyl groups excluding tert-OH is 1. The lowest BCUT2D eigenvalue weighted by atomic mass is 10.1. The fraction of sp³-hybridized carbons (Fsp3) is 0.750. The van der Waals surface area contributed by atoms with Crippen LogP contribution in [0.5, 0.6) is 0 Å². The van der Waals surface area contributed by atoms with Gasteiger partial charge in [-0.25, -0.2) is 0 Å². The summed E-state index contributed by atoms with van der Waals surface area (Å²) >= 11 is 6.10. The summed E-state index contributed by atoms with van der Waals surface area (Å²) in [6.07, 6.45) is 5.50. The van der Waals surface area contributed by atoms with Crippen molar-refractivity contribution in [3.8, 4) is 0 Å². The van der Waals surface area contributed by atoms with Gasteiger partial charge >= 0.3 is 0 Å². The number of hydrogen-bond donors (Lipinski definition) is 1. The summed E-state index contributed by atoms with van der Waals surface area (Å²) in [6.45, 7) is 4.17. The largest absolute Gasteiger partial charge is 0.393 e. The highest BCUT2D eigenvalue weighted by Crippen LogP contribution is 2.34. The molecule has 1 atom stereocenters. The van der Waals surface area contributed by atoms with Crippen molar-refractivity contribution in [3.05, 3.63) is 16.9 Å². The van der Waals surface area contributed by atoms with Crippen LogP contribution in [-0.2, 0) is 6.42 Å². The fourth-order valence-corrected chi connectivity index (χ4v) is 2.27. The quantitative estimate of drug-likeness (QED) is 0.862. The molecule has 1 fully saturated rings. The molecule has 16 heavy (non-hydrogen) atoms. The van der Waals surface area contributed by atoms with Gasteiger partial charge in [0.15, 0.2) is 0 Å². The molecule has 0 aliphatic heterocycles. The molecule has 1 aliphatic carbocycles. The van der Waals surface area contributed by atoms with Gasteiger partial charge in [0.1, 0.15) is 0 Å². The predicted molar refractivity (Wildman–Crippen MR) is 64.7 cm³/mol. The molecule has 1 heterocycles. The van der Waals surface area contributed by atoms with Crippen molar-refractivity contribution in [2.45, 2.75) is 51.7 Å². The Kier molecular flexibility index (Phi) is 3.55. The summed E-state index contributed by atoms with van der Waals surface area (Å²) in [7, 11) is 0. The van der Waals surface area contributed by atoms with E-state index in [9.17, 15) is 5.11 Å². The lowest BCUT2D eigenvalue weighted by Crippen LogP contribution is -2.13. The predicted octanol–water partition coefficient (Wildman–Crippen LogP) is 2.82. The van der Waals surface area contributed by atoms with Crippen LogP contribution in [0.4, 0.5) is 0 Å². The van der Waals surface area contributed by atoms with Crippen LogP contribution >= 0.6 is 11.6 Å². The topological polar surface area (TPSA) is 38.0 Å². The Hall–Kier alpha value is -0.540. The van der Waals surface area contributed by atoms with E-state index in [0.29, 0.717) is 12.0 Å². The average molecular weight is 243 g/mol. The molecule has 0 aromatic carbocycles. The Morgan fingerprint density at radius 3 is 2.81 bits per heavy atom. The third-order valence-corrected chi connectivity index (χ3v) is 3.50. The normalized spacial score (nSPS) is 18.1. The Morgan fingerprint density at radius 1 is 1.56 bits per heavy atom. The van der Waals surface area contributed by atoms with Crippen molar-refractivity contribution in [3.63, 3.8) is 0 Å². The summed E-state index contributed by atoms with van der Waals surface area (Å²) in [5, 5.41) is 14.8. The minimum Gasteiger partial charge on any atom is -0.393 e. The maximum atomic E-state index is 9.84. The van der Waals surface area contributed by atoms with Gasteiger partial charge in [0.05, 0.1) is 23.0 Å². The lowest BCUT2D eigenvalue weighted by Gasteiger charge is -2.13. The summed E-state index contributed by atoms with van der Waals surface area (Å²) in [4.78, 5) is 0. The van der Waals surface area contributed by atoms with Crippen molar-refractivity contribution < 1.29 is 5.11 Å². The van der Waals surface area contributed by atoms with Crippen LogP contribution in [0.25, 0.3) is 0 Å². The van der Waals surface area contributed by atoms with E-state index < -0.39 is 0 Å². The molecule has 1 unspecified atom stereocenters. The maximum Gasteiger partial charge on any atom is 0.0817 e. The molecule has 0 spiro atoms. The molecule has 1 aromatic heterocycles. The first-order chi connectivity index (χ1) is 7.59. The second kappa shape index (κ2) is 4.76. The smallest absolute Gasteiger partial charge is 0.0817 e. The SMILES string of the molecule is CC(C)n1ncc(Cl)c1CCC(O)C1CC1. The van der Waals surface area contributed by atoms with Crippen LogP contribution in [0.2, 0.25) is 5.02 Å². The molecule has 2 rings (SSSR count). The van der Waals surface area contributed by atoms with Crippen molar-refractivity contribution in [1.29, 1.82) is 0 Å². The van der Waals surface area contributed by atoms with Crippen molar-refractivity contribution >= 4 is 11.6 Å². The second-order valence-electron chi connectivity index (χ2n) is 4.92. The van der Waals surface area contributed by atoms with Crippen LogP contribution in [0.1, 0.15) is 44.8 Å². The third kappa shape index (κ3) is 2.58. The zero-order valence-corrected chi connectivity index (χ0v) is 10.6. The highest BCUT2D eigenvalue weighted by atomic mass is 35.5. The standard InChI is InChI=1S/C12H19ClN2O/c1-8(2)15-11(10(13)7-14-15)5-6-12(16)9-3-4-9/h7-9,12,16H,3-6H2,1-2H3. The highest BCUT2D eigenvalue weighted by molar-refractivity contribution is 6.31. The highest BCUT2D eigenvalue weighted by Gasteiger charge is 2.29. The van der Waals surface area contributed by atoms with Crippen LogP contribution in [0.15, 0.2) is 6.20 Å². The fourth-order valence-electron chi connectivity index (χ4n) is 2.05. The molecule has 0 bridgehead atoms. The van der Waals surface area contributed by atoms with Gasteiger partial charge < -0.3 is 5.11 Å². The molecule has 0 radical (unpaired) electrons. The van der Waals surface area contributed by atoms with Crippen molar-refractivity contribution in [2.75, 3.05) is 0 Å². The van der Waals surface area contributed by atoms with E-state index in [1.165, 1.54) is 12.8 Å². The Morgan fingerprint density at radius 2 is 2.25 bits per heavy atom. The number of aliphatic hydroxyl groups is 1. The monoisotopic (exact) mass is 242 g/mol. The molecule has 0 amide bonds. The summed E-state index contributed by atoms with van der Waals surface area (Å²) in [5.41, 5.74) is 1.05. The zero-order valence-electron chi connectivity index (χ0n) is 9.86. The van der Waals surface area contributed by atoms with Crippen molar-refractivity contribution in [1.82, 2.24) is 9.78 Å². The molecule has 1 aliphatic rings. The van der Waals surface area contributed by atoms with E-state index in [1.54, 1.807) is 6.20 Å². The van der Waals surface area contributed by atoms with Crippen LogP contribution in [-0.4, -0.2) is 21.0 Å². The van der Waals surface area contributed by atoms with Gasteiger partial charge in [0.2, 0.25) is 0 Å². The van der Waals surface area contributed by atoms with E-state index in [4.69, 9.17) is 11.6 Å². The number of rotatable bonds is 5. The molecular weight excluding hydrogens is 224 g/mol. The van der Waals surface area contributed by atoms with Gasteiger partial charge in [0, 0.05) is 6.04 Å². The van der Waals surface area contributed by atoms with Gasteiger partial charge in [-0.05, 0) is 45.4 Å². The molecule has 1 saturated carbocycles. The van der Waals surface area contributed by atoms with Crippen molar-refractivity contribution in [2.24, 2.45) is 5.92 Å². The average Bonchev–Trinajstić information content (AvgIpc) is 3.00. The minimum atomic E-state index is -0.161. The first kappa shape index (κ1) is 11.9. The number of nitrogens with zero attached hydrogens (tertiary/aromatic N) is 2. The van der Waals surface area contributed by atoms with Gasteiger partial charge in [-0.3, -0.25) is 4.68 Å². The van der Waals surface area contributed by atoms with Gasteiger partial charge in [-0.2, -0.15) is 5.10 Å². The Balaban J connectivity index is 1.99. The minimum absolute atomic E-state index is 0.161. The molecule has 4 heteroatoms. The van der Waals surface area contributed by atoms with Crippen LogP contribution < -0.4 is 0 Å². The van der Waals surface area contributed by atoms with E-state index in [0.717, 1.165) is 23.6 Å². The Bertz CT molecular complexity index is 358. The van der Waals surface area contributed by atoms with E-state index in [2.05, 4.69) is 18.9 Å². The number of hydrogen-bond acceptors (Lipinski definition) is 2. The lowest BCUT2D eigenvalue weighted by molar-refractivity contribution is 0.141. The Labute approximate surface area is 101 Å². The third-order valence-electron chi connectivity index (χ3n) is 3.18. The first-order valence-electron chi connectivity index (χ1n) is 5.99. The summed E-state index contributed by atoms with van der Waals surface area (Å²) < 4.78 is 1.95. The zero-order chi connectivity index (χ0) is 11.7. The first-order valence-corrected chi connectivity index (χ1v) is 6.37. The van der Waals surface area contributed by atoms with Gasteiger partial charge in [-0.1, -0.05) is 11.6 Å². The maximum absolute atomic E-state index is 9.84. The molecule has 3 nitrogen and oxygen atoms in total. The molecule has 1 N–H and O–H groups in total. The summed E-state index contributed by atoms with van der Waals surface area (Å²) in [5.74, 6) is 0.536. The molecule has 90 valence electrons. The van der Waals surface area contributed by atoms with Gasteiger partial charge in [-0.15, -0.1) is 0 Å². The molecule has 0 saturated heterocycles. The van der Waals surface area contributed by atoms with E-state index in [-0.39, 0.29) is 6.10 Å². The summed E-state index contributed by atoms with van der Waals surface area (Å²) in [6, 6.07) is 0.320. The second-order valence-corrected chi connectivity index (χ2v) is 5.33. The van der Waals surface area contributed by atoms with Crippen LogP contribution in [0, 0.1) is 5.92 Å². The molecular formula is C12H19ClN2O. The van der Waals surface area contributed by atoms with Crippen LogP contribution in [0.3, 0.4) is 0 Å². The molecule has 1 aromatic rings.